The molecule has 1 N–H and O–H groups in total. The van der Waals surface area contributed by atoms with Crippen LogP contribution >= 0.6 is 0 Å². The van der Waals surface area contributed by atoms with E-state index in [9.17, 15) is 0 Å². The van der Waals surface area contributed by atoms with Crippen LogP contribution in [0.5, 0.6) is 0 Å². The van der Waals surface area contributed by atoms with Gasteiger partial charge in [0.2, 0.25) is 0 Å². The first-order valence-electron chi connectivity index (χ1n) is 7.37. The van der Waals surface area contributed by atoms with Crippen molar-refractivity contribution in [2.24, 2.45) is 0 Å². The summed E-state index contributed by atoms with van der Waals surface area (Å²) in [6.45, 7) is 7.89. The maximum atomic E-state index is 5.61. The second kappa shape index (κ2) is 7.23. The third kappa shape index (κ3) is 5.20. The zero-order valence-corrected chi connectivity index (χ0v) is 13.1. The summed E-state index contributed by atoms with van der Waals surface area (Å²) in [5, 5.41) is 3.28. The quantitative estimate of drug-likeness (QED) is 0.643. The molecule has 2 rings (SSSR count). The van der Waals surface area contributed by atoms with Crippen molar-refractivity contribution in [1.82, 2.24) is 4.98 Å². The molecule has 3 heteroatoms. The van der Waals surface area contributed by atoms with E-state index in [1.54, 1.807) is 0 Å². The molecule has 1 aromatic carbocycles. The van der Waals surface area contributed by atoms with Crippen molar-refractivity contribution in [2.75, 3.05) is 18.7 Å². The van der Waals surface area contributed by atoms with Crippen molar-refractivity contribution in [2.45, 2.75) is 32.6 Å². The van der Waals surface area contributed by atoms with Gasteiger partial charge < -0.3 is 10.1 Å². The van der Waals surface area contributed by atoms with E-state index in [0.717, 1.165) is 12.1 Å². The molecule has 0 saturated heterocycles. The molecule has 112 valence electrons. The minimum atomic E-state index is 0.194. The number of rotatable bonds is 6. The topological polar surface area (TPSA) is 34.1 Å². The van der Waals surface area contributed by atoms with Crippen LogP contribution in [0.3, 0.4) is 0 Å². The monoisotopic (exact) mass is 284 g/mol. The van der Waals surface area contributed by atoms with Gasteiger partial charge in [-0.15, -0.1) is 0 Å². The number of pyridine rings is 1. The lowest BCUT2D eigenvalue weighted by molar-refractivity contribution is 0.155. The molecule has 2 aromatic rings. The molecule has 0 aliphatic heterocycles. The number of benzene rings is 1. The molecule has 0 atom stereocenters. The molecule has 21 heavy (non-hydrogen) atoms. The fourth-order valence-electron chi connectivity index (χ4n) is 2.03. The van der Waals surface area contributed by atoms with Gasteiger partial charge in [-0.05, 0) is 47.2 Å². The molecular weight excluding hydrogens is 260 g/mol. The van der Waals surface area contributed by atoms with E-state index in [4.69, 9.17) is 4.74 Å². The van der Waals surface area contributed by atoms with E-state index in [-0.39, 0.29) is 5.41 Å². The highest BCUT2D eigenvalue weighted by Gasteiger charge is 2.12. The Morgan fingerprint density at radius 2 is 1.67 bits per heavy atom. The van der Waals surface area contributed by atoms with Crippen LogP contribution in [0.4, 0.5) is 5.69 Å². The van der Waals surface area contributed by atoms with Crippen molar-refractivity contribution in [3.63, 3.8) is 0 Å². The van der Waals surface area contributed by atoms with Gasteiger partial charge in [-0.25, -0.2) is 0 Å². The SMILES string of the molecule is CC(C)(C)c1ccc(NCOCCc2ccncc2)cc1. The Balaban J connectivity index is 1.69. The largest absolute Gasteiger partial charge is 0.363 e. The van der Waals surface area contributed by atoms with E-state index < -0.39 is 0 Å². The summed E-state index contributed by atoms with van der Waals surface area (Å²) in [6, 6.07) is 12.6. The molecule has 1 heterocycles. The average molecular weight is 284 g/mol. The highest BCUT2D eigenvalue weighted by molar-refractivity contribution is 5.45. The summed E-state index contributed by atoms with van der Waals surface area (Å²) >= 11 is 0. The highest BCUT2D eigenvalue weighted by atomic mass is 16.5. The number of nitrogens with one attached hydrogen (secondary N) is 1. The molecule has 0 unspecified atom stereocenters. The van der Waals surface area contributed by atoms with Crippen molar-refractivity contribution in [1.29, 1.82) is 0 Å². The van der Waals surface area contributed by atoms with Crippen LogP contribution in [0.1, 0.15) is 31.9 Å². The second-order valence-electron chi connectivity index (χ2n) is 6.16. The molecule has 0 amide bonds. The van der Waals surface area contributed by atoms with E-state index >= 15 is 0 Å². The maximum Gasteiger partial charge on any atom is 0.116 e. The fourth-order valence-corrected chi connectivity index (χ4v) is 2.03. The summed E-state index contributed by atoms with van der Waals surface area (Å²) in [5.41, 5.74) is 3.87. The number of ether oxygens (including phenoxy) is 1. The lowest BCUT2D eigenvalue weighted by Gasteiger charge is -2.19. The first kappa shape index (κ1) is 15.5. The fraction of sp³-hybridized carbons (Fsp3) is 0.389. The van der Waals surface area contributed by atoms with Crippen molar-refractivity contribution < 1.29 is 4.74 Å². The summed E-state index contributed by atoms with van der Waals surface area (Å²) in [5.74, 6) is 0. The lowest BCUT2D eigenvalue weighted by Crippen LogP contribution is -2.11. The standard InChI is InChI=1S/C18H24N2O/c1-18(2,3)16-4-6-17(7-5-16)20-14-21-13-10-15-8-11-19-12-9-15/h4-9,11-12,20H,10,13-14H2,1-3H3. The minimum Gasteiger partial charge on any atom is -0.363 e. The van der Waals surface area contributed by atoms with Crippen LogP contribution in [0.2, 0.25) is 0 Å². The average Bonchev–Trinajstić information content (AvgIpc) is 2.47. The maximum absolute atomic E-state index is 5.61. The van der Waals surface area contributed by atoms with Gasteiger partial charge in [0.25, 0.3) is 0 Å². The molecule has 0 spiro atoms. The zero-order valence-electron chi connectivity index (χ0n) is 13.1. The molecule has 0 saturated carbocycles. The Bertz CT molecular complexity index is 529. The molecular formula is C18H24N2O. The summed E-state index contributed by atoms with van der Waals surface area (Å²) in [6.07, 6.45) is 4.53. The summed E-state index contributed by atoms with van der Waals surface area (Å²) in [7, 11) is 0. The highest BCUT2D eigenvalue weighted by Crippen LogP contribution is 2.23. The number of hydrogen-bond acceptors (Lipinski definition) is 3. The first-order chi connectivity index (χ1) is 10.1. The van der Waals surface area contributed by atoms with Gasteiger partial charge in [0.1, 0.15) is 6.73 Å². The predicted molar refractivity (Wildman–Crippen MR) is 87.5 cm³/mol. The third-order valence-electron chi connectivity index (χ3n) is 3.41. The Hall–Kier alpha value is -1.87. The Morgan fingerprint density at radius 1 is 1.00 bits per heavy atom. The van der Waals surface area contributed by atoms with Crippen molar-refractivity contribution in [3.8, 4) is 0 Å². The number of hydrogen-bond donors (Lipinski definition) is 1. The van der Waals surface area contributed by atoms with Gasteiger partial charge >= 0.3 is 0 Å². The van der Waals surface area contributed by atoms with Gasteiger partial charge in [0.05, 0.1) is 6.61 Å². The third-order valence-corrected chi connectivity index (χ3v) is 3.41. The van der Waals surface area contributed by atoms with Crippen LogP contribution in [-0.4, -0.2) is 18.3 Å². The first-order valence-corrected chi connectivity index (χ1v) is 7.37. The molecule has 3 nitrogen and oxygen atoms in total. The molecule has 0 bridgehead atoms. The Labute approximate surface area is 127 Å². The van der Waals surface area contributed by atoms with Crippen LogP contribution < -0.4 is 5.32 Å². The van der Waals surface area contributed by atoms with Gasteiger partial charge in [0.15, 0.2) is 0 Å². The van der Waals surface area contributed by atoms with Gasteiger partial charge in [-0.3, -0.25) is 4.98 Å². The molecule has 0 fully saturated rings. The van der Waals surface area contributed by atoms with Gasteiger partial charge in [0, 0.05) is 18.1 Å². The van der Waals surface area contributed by atoms with Gasteiger partial charge in [-0.2, -0.15) is 0 Å². The Kier molecular flexibility index (Phi) is 5.34. The molecule has 1 aromatic heterocycles. The van der Waals surface area contributed by atoms with Gasteiger partial charge in [-0.1, -0.05) is 32.9 Å². The lowest BCUT2D eigenvalue weighted by atomic mass is 9.87. The van der Waals surface area contributed by atoms with E-state index in [1.165, 1.54) is 11.1 Å². The molecule has 0 radical (unpaired) electrons. The summed E-state index contributed by atoms with van der Waals surface area (Å²) < 4.78 is 5.61. The van der Waals surface area contributed by atoms with Crippen molar-refractivity contribution in [3.05, 3.63) is 59.9 Å². The van der Waals surface area contributed by atoms with Crippen LogP contribution in [0.25, 0.3) is 0 Å². The zero-order chi connectivity index (χ0) is 15.1. The van der Waals surface area contributed by atoms with E-state index in [1.807, 2.05) is 24.5 Å². The second-order valence-corrected chi connectivity index (χ2v) is 6.16. The number of nitrogens with zero attached hydrogens (tertiary/aromatic N) is 1. The smallest absolute Gasteiger partial charge is 0.116 e. The van der Waals surface area contributed by atoms with Crippen LogP contribution in [0.15, 0.2) is 48.8 Å². The van der Waals surface area contributed by atoms with E-state index in [2.05, 4.69) is 55.3 Å². The van der Waals surface area contributed by atoms with Crippen LogP contribution in [-0.2, 0) is 16.6 Å². The normalized spacial score (nSPS) is 11.4. The number of anilines is 1. The minimum absolute atomic E-state index is 0.194. The predicted octanol–water partition coefficient (Wildman–Crippen LogP) is 4.01. The molecule has 0 aliphatic rings. The van der Waals surface area contributed by atoms with E-state index in [0.29, 0.717) is 13.3 Å². The molecule has 0 aliphatic carbocycles. The van der Waals surface area contributed by atoms with Crippen LogP contribution in [0, 0.1) is 0 Å². The number of aromatic nitrogens is 1. The van der Waals surface area contributed by atoms with Crippen molar-refractivity contribution >= 4 is 5.69 Å². The summed E-state index contributed by atoms with van der Waals surface area (Å²) in [4.78, 5) is 4.00. The Morgan fingerprint density at radius 3 is 2.29 bits per heavy atom.